The number of likely N-dealkylation sites (N-methyl/N-ethyl adjacent to an activating group) is 1. The molecule has 1 unspecified atom stereocenters. The fourth-order valence-corrected chi connectivity index (χ4v) is 2.53. The molecular weight excluding hydrogens is 210 g/mol. The Kier molecular flexibility index (Phi) is 2.69. The van der Waals surface area contributed by atoms with Crippen LogP contribution in [0.3, 0.4) is 0 Å². The Bertz CT molecular complexity index is 512. The lowest BCUT2D eigenvalue weighted by Crippen LogP contribution is -2.34. The van der Waals surface area contributed by atoms with Gasteiger partial charge < -0.3 is 10.2 Å². The highest BCUT2D eigenvalue weighted by Crippen LogP contribution is 2.25. The van der Waals surface area contributed by atoms with Gasteiger partial charge in [0.15, 0.2) is 0 Å². The summed E-state index contributed by atoms with van der Waals surface area (Å²) in [4.78, 5) is 6.86. The first-order valence-corrected chi connectivity index (χ1v) is 6.13. The van der Waals surface area contributed by atoms with E-state index in [2.05, 4.69) is 52.6 Å². The molecule has 1 atom stereocenters. The van der Waals surface area contributed by atoms with Crippen molar-refractivity contribution >= 4 is 16.6 Å². The number of pyridine rings is 1. The molecule has 0 radical (unpaired) electrons. The third-order valence-corrected chi connectivity index (χ3v) is 3.57. The lowest BCUT2D eigenvalue weighted by atomic mass is 10.1. The van der Waals surface area contributed by atoms with Crippen molar-refractivity contribution in [3.05, 3.63) is 36.5 Å². The molecule has 0 saturated carbocycles. The van der Waals surface area contributed by atoms with E-state index in [1.807, 2.05) is 6.20 Å². The Morgan fingerprint density at radius 2 is 2.18 bits per heavy atom. The molecule has 2 heterocycles. The van der Waals surface area contributed by atoms with Gasteiger partial charge in [-0.05, 0) is 24.4 Å². The largest absolute Gasteiger partial charge is 0.355 e. The van der Waals surface area contributed by atoms with Gasteiger partial charge in [0.2, 0.25) is 0 Å². The summed E-state index contributed by atoms with van der Waals surface area (Å²) in [7, 11) is 2.15. The number of rotatable bonds is 2. The first-order valence-electron chi connectivity index (χ1n) is 6.13. The zero-order chi connectivity index (χ0) is 11.7. The van der Waals surface area contributed by atoms with Crippen molar-refractivity contribution in [1.82, 2.24) is 10.3 Å². The third kappa shape index (κ3) is 1.87. The van der Waals surface area contributed by atoms with E-state index in [9.17, 15) is 0 Å². The molecule has 3 nitrogen and oxygen atoms in total. The summed E-state index contributed by atoms with van der Waals surface area (Å²) in [5.74, 6) is 1.09. The van der Waals surface area contributed by atoms with Crippen molar-refractivity contribution in [3.8, 4) is 0 Å². The number of nitrogens with one attached hydrogen (secondary N) is 1. The van der Waals surface area contributed by atoms with Gasteiger partial charge in [0.05, 0.1) is 0 Å². The van der Waals surface area contributed by atoms with E-state index in [1.165, 1.54) is 17.2 Å². The maximum absolute atomic E-state index is 4.55. The van der Waals surface area contributed by atoms with Gasteiger partial charge in [-0.2, -0.15) is 0 Å². The second kappa shape index (κ2) is 4.34. The first-order chi connectivity index (χ1) is 8.36. The molecule has 0 bridgehead atoms. The molecule has 1 fully saturated rings. The van der Waals surface area contributed by atoms with Crippen molar-refractivity contribution in [2.75, 3.05) is 25.0 Å². The molecule has 1 N–H and O–H groups in total. The van der Waals surface area contributed by atoms with Crippen molar-refractivity contribution in [2.24, 2.45) is 0 Å². The van der Waals surface area contributed by atoms with Gasteiger partial charge in [-0.3, -0.25) is 0 Å². The fraction of sp³-hybridized carbons (Fsp3) is 0.357. The molecule has 3 rings (SSSR count). The van der Waals surface area contributed by atoms with Crippen molar-refractivity contribution in [1.29, 1.82) is 0 Å². The minimum Gasteiger partial charge on any atom is -0.355 e. The zero-order valence-corrected chi connectivity index (χ0v) is 10.1. The van der Waals surface area contributed by atoms with Gasteiger partial charge >= 0.3 is 0 Å². The molecule has 3 heteroatoms. The second-order valence-electron chi connectivity index (χ2n) is 4.61. The van der Waals surface area contributed by atoms with Crippen LogP contribution < -0.4 is 10.2 Å². The molecule has 0 amide bonds. The number of fused-ring (bicyclic) bond motifs is 1. The van der Waals surface area contributed by atoms with Gasteiger partial charge in [0.25, 0.3) is 0 Å². The summed E-state index contributed by atoms with van der Waals surface area (Å²) in [6, 6.07) is 11.1. The van der Waals surface area contributed by atoms with Gasteiger partial charge in [0.1, 0.15) is 5.82 Å². The number of hydrogen-bond donors (Lipinski definition) is 1. The van der Waals surface area contributed by atoms with Crippen molar-refractivity contribution in [3.63, 3.8) is 0 Å². The standard InChI is InChI=1S/C14H17N3/c1-17(12-7-8-15-10-12)14-13-5-3-2-4-11(13)6-9-16-14/h2-6,9,12,15H,7-8,10H2,1H3. The van der Waals surface area contributed by atoms with Crippen molar-refractivity contribution in [2.45, 2.75) is 12.5 Å². The molecule has 17 heavy (non-hydrogen) atoms. The Morgan fingerprint density at radius 1 is 1.29 bits per heavy atom. The summed E-state index contributed by atoms with van der Waals surface area (Å²) in [5.41, 5.74) is 0. The van der Waals surface area contributed by atoms with Crippen LogP contribution in [0.15, 0.2) is 36.5 Å². The van der Waals surface area contributed by atoms with Gasteiger partial charge in [-0.1, -0.05) is 24.3 Å². The first kappa shape index (κ1) is 10.5. The quantitative estimate of drug-likeness (QED) is 0.851. The van der Waals surface area contributed by atoms with E-state index in [0.29, 0.717) is 6.04 Å². The number of nitrogens with zero attached hydrogens (tertiary/aromatic N) is 2. The van der Waals surface area contributed by atoms with Crippen LogP contribution >= 0.6 is 0 Å². The second-order valence-corrected chi connectivity index (χ2v) is 4.61. The van der Waals surface area contributed by atoms with E-state index in [-0.39, 0.29) is 0 Å². The zero-order valence-electron chi connectivity index (χ0n) is 10.1. The highest BCUT2D eigenvalue weighted by atomic mass is 15.2. The van der Waals surface area contributed by atoms with Crippen LogP contribution in [-0.2, 0) is 0 Å². The molecule has 88 valence electrons. The molecule has 1 aromatic carbocycles. The molecule has 0 aliphatic carbocycles. The summed E-state index contributed by atoms with van der Waals surface area (Å²) in [6.45, 7) is 2.17. The summed E-state index contributed by atoms with van der Waals surface area (Å²) in [6.07, 6.45) is 3.10. The smallest absolute Gasteiger partial charge is 0.136 e. The van der Waals surface area contributed by atoms with Crippen LogP contribution in [0, 0.1) is 0 Å². The fourth-order valence-electron chi connectivity index (χ4n) is 2.53. The highest BCUT2D eigenvalue weighted by molar-refractivity contribution is 5.92. The van der Waals surface area contributed by atoms with Crippen LogP contribution in [0.25, 0.3) is 10.8 Å². The SMILES string of the molecule is CN(c1nccc2ccccc12)C1CCNC1. The average molecular weight is 227 g/mol. The average Bonchev–Trinajstić information content (AvgIpc) is 2.91. The molecule has 1 saturated heterocycles. The van der Waals surface area contributed by atoms with E-state index < -0.39 is 0 Å². The summed E-state index contributed by atoms with van der Waals surface area (Å²) < 4.78 is 0. The molecule has 0 spiro atoms. The van der Waals surface area contributed by atoms with Gasteiger partial charge in [-0.25, -0.2) is 4.98 Å². The van der Waals surface area contributed by atoms with E-state index in [0.717, 1.165) is 18.9 Å². The minimum atomic E-state index is 0.563. The van der Waals surface area contributed by atoms with Crippen LogP contribution in [-0.4, -0.2) is 31.2 Å². The predicted molar refractivity (Wildman–Crippen MR) is 71.4 cm³/mol. The maximum Gasteiger partial charge on any atom is 0.136 e. The Morgan fingerprint density at radius 3 is 3.00 bits per heavy atom. The predicted octanol–water partition coefficient (Wildman–Crippen LogP) is 2.03. The van der Waals surface area contributed by atoms with Crippen LogP contribution in [0.4, 0.5) is 5.82 Å². The Labute approximate surface area is 101 Å². The van der Waals surface area contributed by atoms with Crippen LogP contribution in [0.2, 0.25) is 0 Å². The normalized spacial score (nSPS) is 19.7. The van der Waals surface area contributed by atoms with Crippen LogP contribution in [0.5, 0.6) is 0 Å². The Balaban J connectivity index is 2.04. The number of anilines is 1. The lowest BCUT2D eigenvalue weighted by molar-refractivity contribution is 0.680. The van der Waals surface area contributed by atoms with Gasteiger partial charge in [-0.15, -0.1) is 0 Å². The third-order valence-electron chi connectivity index (χ3n) is 3.57. The minimum absolute atomic E-state index is 0.563. The summed E-state index contributed by atoms with van der Waals surface area (Å²) in [5, 5.41) is 5.90. The topological polar surface area (TPSA) is 28.2 Å². The highest BCUT2D eigenvalue weighted by Gasteiger charge is 2.21. The number of benzene rings is 1. The van der Waals surface area contributed by atoms with Gasteiger partial charge in [0, 0.05) is 31.2 Å². The van der Waals surface area contributed by atoms with E-state index >= 15 is 0 Å². The number of aromatic nitrogens is 1. The Hall–Kier alpha value is -1.61. The monoisotopic (exact) mass is 227 g/mol. The van der Waals surface area contributed by atoms with E-state index in [4.69, 9.17) is 0 Å². The van der Waals surface area contributed by atoms with Crippen molar-refractivity contribution < 1.29 is 0 Å². The molecule has 1 aliphatic rings. The van der Waals surface area contributed by atoms with E-state index in [1.54, 1.807) is 0 Å². The molecular formula is C14H17N3. The lowest BCUT2D eigenvalue weighted by Gasteiger charge is -2.25. The molecule has 1 aromatic heterocycles. The molecule has 1 aliphatic heterocycles. The maximum atomic E-state index is 4.55. The number of hydrogen-bond acceptors (Lipinski definition) is 3. The summed E-state index contributed by atoms with van der Waals surface area (Å²) >= 11 is 0. The van der Waals surface area contributed by atoms with Crippen LogP contribution in [0.1, 0.15) is 6.42 Å². The molecule has 2 aromatic rings.